The number of carbonyl (C=O) groups excluding carboxylic acids is 1. The highest BCUT2D eigenvalue weighted by Gasteiger charge is 2.26. The van der Waals surface area contributed by atoms with E-state index in [2.05, 4.69) is 5.32 Å². The highest BCUT2D eigenvalue weighted by atomic mass is 32.2. The fourth-order valence-electron chi connectivity index (χ4n) is 3.42. The lowest BCUT2D eigenvalue weighted by molar-refractivity contribution is -0.116. The third-order valence-corrected chi connectivity index (χ3v) is 6.93. The molecule has 1 amide bonds. The van der Waals surface area contributed by atoms with E-state index in [9.17, 15) is 22.0 Å². The molecule has 6 nitrogen and oxygen atoms in total. The Labute approximate surface area is 174 Å². The molecule has 3 rings (SSSR count). The van der Waals surface area contributed by atoms with Gasteiger partial charge in [0.25, 0.3) is 0 Å². The third kappa shape index (κ3) is 5.14. The number of anilines is 1. The average molecular weight is 438 g/mol. The zero-order chi connectivity index (χ0) is 21.7. The van der Waals surface area contributed by atoms with E-state index in [0.29, 0.717) is 30.5 Å². The molecule has 162 valence electrons. The molecule has 0 saturated carbocycles. The number of amides is 1. The van der Waals surface area contributed by atoms with Crippen LogP contribution < -0.4 is 10.1 Å². The van der Waals surface area contributed by atoms with Gasteiger partial charge in [0, 0.05) is 25.6 Å². The quantitative estimate of drug-likeness (QED) is 0.715. The van der Waals surface area contributed by atoms with Gasteiger partial charge in [0.2, 0.25) is 15.9 Å². The predicted octanol–water partition coefficient (Wildman–Crippen LogP) is 3.72. The van der Waals surface area contributed by atoms with Crippen LogP contribution in [0.2, 0.25) is 0 Å². The molecule has 2 aromatic carbocycles. The molecule has 1 fully saturated rings. The number of halogens is 2. The molecule has 2 aromatic rings. The molecular formula is C21H24F2N2O4S. The SMILES string of the molecule is COc1ccc(S(=O)(=O)N2CCCCC2)cc1CCC(=O)Nc1ccc(F)cc1F. The van der Waals surface area contributed by atoms with Crippen LogP contribution in [0.15, 0.2) is 41.3 Å². The van der Waals surface area contributed by atoms with Gasteiger partial charge < -0.3 is 10.1 Å². The van der Waals surface area contributed by atoms with Crippen molar-refractivity contribution in [3.63, 3.8) is 0 Å². The lowest BCUT2D eigenvalue weighted by Crippen LogP contribution is -2.35. The van der Waals surface area contributed by atoms with Gasteiger partial charge in [-0.1, -0.05) is 6.42 Å². The number of nitrogens with one attached hydrogen (secondary N) is 1. The van der Waals surface area contributed by atoms with Crippen LogP contribution in [-0.4, -0.2) is 38.8 Å². The molecule has 0 bridgehead atoms. The Hall–Kier alpha value is -2.52. The van der Waals surface area contributed by atoms with E-state index < -0.39 is 27.6 Å². The van der Waals surface area contributed by atoms with Crippen molar-refractivity contribution < 1.29 is 26.7 Å². The molecule has 0 aliphatic carbocycles. The Bertz CT molecular complexity index is 1020. The van der Waals surface area contributed by atoms with Gasteiger partial charge in [-0.2, -0.15) is 4.31 Å². The second kappa shape index (κ2) is 9.53. The van der Waals surface area contributed by atoms with Crippen LogP contribution in [0.1, 0.15) is 31.2 Å². The average Bonchev–Trinajstić information content (AvgIpc) is 2.74. The minimum Gasteiger partial charge on any atom is -0.496 e. The first-order valence-electron chi connectivity index (χ1n) is 9.73. The fraction of sp³-hybridized carbons (Fsp3) is 0.381. The maximum absolute atomic E-state index is 13.7. The summed E-state index contributed by atoms with van der Waals surface area (Å²) in [5.41, 5.74) is 0.445. The molecule has 9 heteroatoms. The number of carbonyl (C=O) groups is 1. The molecule has 0 atom stereocenters. The number of hydrogen-bond donors (Lipinski definition) is 1. The van der Waals surface area contributed by atoms with Crippen molar-refractivity contribution in [1.29, 1.82) is 0 Å². The van der Waals surface area contributed by atoms with E-state index in [-0.39, 0.29) is 23.4 Å². The summed E-state index contributed by atoms with van der Waals surface area (Å²) in [7, 11) is -2.15. The minimum absolute atomic E-state index is 0.0274. The van der Waals surface area contributed by atoms with Crippen molar-refractivity contribution in [2.75, 3.05) is 25.5 Å². The number of methoxy groups -OCH3 is 1. The van der Waals surface area contributed by atoms with Crippen LogP contribution in [-0.2, 0) is 21.2 Å². The van der Waals surface area contributed by atoms with Crippen LogP contribution >= 0.6 is 0 Å². The second-order valence-corrected chi connectivity index (χ2v) is 9.05. The lowest BCUT2D eigenvalue weighted by Gasteiger charge is -2.26. The molecule has 1 aliphatic rings. The first kappa shape index (κ1) is 22.2. The van der Waals surface area contributed by atoms with Gasteiger partial charge >= 0.3 is 0 Å². The van der Waals surface area contributed by atoms with Crippen LogP contribution in [0.4, 0.5) is 14.5 Å². The van der Waals surface area contributed by atoms with Crippen molar-refractivity contribution in [2.45, 2.75) is 37.0 Å². The van der Waals surface area contributed by atoms with Crippen molar-refractivity contribution in [2.24, 2.45) is 0 Å². The number of benzene rings is 2. The summed E-state index contributed by atoms with van der Waals surface area (Å²) in [5.74, 6) is -1.61. The Balaban J connectivity index is 1.73. The summed E-state index contributed by atoms with van der Waals surface area (Å²) in [6, 6.07) is 7.48. The van der Waals surface area contributed by atoms with Crippen molar-refractivity contribution in [3.8, 4) is 5.75 Å². The van der Waals surface area contributed by atoms with Crippen LogP contribution in [0.3, 0.4) is 0 Å². The van der Waals surface area contributed by atoms with Crippen molar-refractivity contribution in [3.05, 3.63) is 53.6 Å². The van der Waals surface area contributed by atoms with Crippen LogP contribution in [0.25, 0.3) is 0 Å². The number of hydrogen-bond acceptors (Lipinski definition) is 4. The molecular weight excluding hydrogens is 414 g/mol. The molecule has 1 saturated heterocycles. The lowest BCUT2D eigenvalue weighted by atomic mass is 10.1. The summed E-state index contributed by atoms with van der Waals surface area (Å²) in [5, 5.41) is 2.39. The first-order chi connectivity index (χ1) is 14.3. The summed E-state index contributed by atoms with van der Waals surface area (Å²) in [4.78, 5) is 12.4. The molecule has 1 aliphatic heterocycles. The molecule has 30 heavy (non-hydrogen) atoms. The second-order valence-electron chi connectivity index (χ2n) is 7.11. The van der Waals surface area contributed by atoms with Crippen LogP contribution in [0.5, 0.6) is 5.75 Å². The Morgan fingerprint density at radius 3 is 2.50 bits per heavy atom. The minimum atomic E-state index is -3.61. The molecule has 1 heterocycles. The zero-order valence-corrected chi connectivity index (χ0v) is 17.5. The summed E-state index contributed by atoms with van der Waals surface area (Å²) < 4.78 is 59.3. The fourth-order valence-corrected chi connectivity index (χ4v) is 4.99. The van der Waals surface area contributed by atoms with Gasteiger partial charge in [-0.15, -0.1) is 0 Å². The Kier molecular flexibility index (Phi) is 7.04. The molecule has 0 unspecified atom stereocenters. The maximum atomic E-state index is 13.7. The van der Waals surface area contributed by atoms with Gasteiger partial charge in [-0.05, 0) is 55.2 Å². The molecule has 0 aromatic heterocycles. The highest BCUT2D eigenvalue weighted by molar-refractivity contribution is 7.89. The largest absolute Gasteiger partial charge is 0.496 e. The standard InChI is InChI=1S/C21H24F2N2O4S/c1-29-20-9-7-17(30(27,28)25-11-3-2-4-12-25)13-15(20)5-10-21(26)24-19-8-6-16(22)14-18(19)23/h6-9,13-14H,2-5,10-12H2,1H3,(H,24,26). The van der Waals surface area contributed by atoms with E-state index in [1.54, 1.807) is 6.07 Å². The van der Waals surface area contributed by atoms with E-state index >= 15 is 0 Å². The first-order valence-corrected chi connectivity index (χ1v) is 11.2. The number of rotatable bonds is 7. The summed E-state index contributed by atoms with van der Waals surface area (Å²) in [6.07, 6.45) is 2.86. The van der Waals surface area contributed by atoms with Gasteiger partial charge in [0.15, 0.2) is 0 Å². The van der Waals surface area contributed by atoms with Crippen molar-refractivity contribution >= 4 is 21.6 Å². The number of aryl methyl sites for hydroxylation is 1. The Morgan fingerprint density at radius 2 is 1.83 bits per heavy atom. The number of sulfonamides is 1. The van der Waals surface area contributed by atoms with E-state index in [0.717, 1.165) is 31.4 Å². The molecule has 1 N–H and O–H groups in total. The highest BCUT2D eigenvalue weighted by Crippen LogP contribution is 2.27. The van der Waals surface area contributed by atoms with Crippen LogP contribution in [0, 0.1) is 11.6 Å². The van der Waals surface area contributed by atoms with Crippen molar-refractivity contribution in [1.82, 2.24) is 4.31 Å². The number of ether oxygens (including phenoxy) is 1. The van der Waals surface area contributed by atoms with Gasteiger partial charge in [0.1, 0.15) is 17.4 Å². The Morgan fingerprint density at radius 1 is 1.10 bits per heavy atom. The molecule has 0 radical (unpaired) electrons. The normalized spacial score (nSPS) is 15.0. The maximum Gasteiger partial charge on any atom is 0.243 e. The predicted molar refractivity (Wildman–Crippen MR) is 109 cm³/mol. The van der Waals surface area contributed by atoms with E-state index in [4.69, 9.17) is 4.74 Å². The van der Waals surface area contributed by atoms with E-state index in [1.807, 2.05) is 0 Å². The zero-order valence-electron chi connectivity index (χ0n) is 16.7. The van der Waals surface area contributed by atoms with Gasteiger partial charge in [0.05, 0.1) is 17.7 Å². The summed E-state index contributed by atoms with van der Waals surface area (Å²) in [6.45, 7) is 0.991. The monoisotopic (exact) mass is 438 g/mol. The van der Waals surface area contributed by atoms with Gasteiger partial charge in [-0.25, -0.2) is 17.2 Å². The van der Waals surface area contributed by atoms with E-state index in [1.165, 1.54) is 23.5 Å². The third-order valence-electron chi connectivity index (χ3n) is 5.03. The number of nitrogens with zero attached hydrogens (tertiary/aromatic N) is 1. The molecule has 0 spiro atoms. The smallest absolute Gasteiger partial charge is 0.243 e. The number of piperidine rings is 1. The topological polar surface area (TPSA) is 75.7 Å². The summed E-state index contributed by atoms with van der Waals surface area (Å²) >= 11 is 0. The van der Waals surface area contributed by atoms with Gasteiger partial charge in [-0.3, -0.25) is 4.79 Å².